The third-order valence-electron chi connectivity index (χ3n) is 7.97. The van der Waals surface area contributed by atoms with Gasteiger partial charge in [-0.05, 0) is 71.1 Å². The molecule has 2 saturated heterocycles. The fraction of sp³-hybridized carbons (Fsp3) is 0.364. The molecule has 10 nitrogen and oxygen atoms in total. The first-order valence-corrected chi connectivity index (χ1v) is 16.4. The number of thioether (sulfide) groups is 1. The molecule has 1 amide bonds. The average Bonchev–Trinajstić information content (AvgIpc) is 3.68. The number of hydrogen-bond acceptors (Lipinski definition) is 10. The number of unbranched alkanes of at least 4 members (excludes halogenated alkanes) is 2. The van der Waals surface area contributed by atoms with Crippen LogP contribution in [0.5, 0.6) is 11.5 Å². The molecular weight excluding hydrogens is 609 g/mol. The third-order valence-corrected chi connectivity index (χ3v) is 9.35. The molecule has 1 N–H and O–H groups in total. The van der Waals surface area contributed by atoms with E-state index in [1.165, 1.54) is 11.8 Å². The normalized spacial score (nSPS) is 16.6. The Morgan fingerprint density at radius 3 is 2.69 bits per heavy atom. The van der Waals surface area contributed by atoms with Crippen molar-refractivity contribution in [2.75, 3.05) is 53.1 Å². The summed E-state index contributed by atoms with van der Waals surface area (Å²) >= 11 is 6.95. The Hall–Kier alpha value is -3.84. The maximum absolute atomic E-state index is 13.4. The fourth-order valence-corrected chi connectivity index (χ4v) is 6.79. The highest BCUT2D eigenvalue weighted by Gasteiger charge is 2.31. The van der Waals surface area contributed by atoms with Crippen molar-refractivity contribution in [2.45, 2.75) is 25.7 Å². The molecule has 2 fully saturated rings. The van der Waals surface area contributed by atoms with E-state index in [4.69, 9.17) is 26.4 Å². The van der Waals surface area contributed by atoms with Crippen LogP contribution in [-0.2, 0) is 16.0 Å². The number of H-pyrrole nitrogens is 1. The molecule has 1 aromatic heterocycles. The number of carbonyl (C=O) groups excluding carboxylic acids is 1. The van der Waals surface area contributed by atoms with Gasteiger partial charge in [-0.25, -0.2) is 0 Å². The second-order valence-electron chi connectivity index (χ2n) is 11.0. The number of morpholine rings is 1. The smallest absolute Gasteiger partial charge is 0.266 e. The summed E-state index contributed by atoms with van der Waals surface area (Å²) < 4.78 is 17.9. The van der Waals surface area contributed by atoms with E-state index in [1.807, 2.05) is 30.3 Å². The van der Waals surface area contributed by atoms with Crippen LogP contribution < -0.4 is 9.47 Å². The number of aryl methyl sites for hydroxylation is 1. The van der Waals surface area contributed by atoms with Gasteiger partial charge >= 0.3 is 0 Å². The van der Waals surface area contributed by atoms with Gasteiger partial charge in [-0.1, -0.05) is 59.9 Å². The van der Waals surface area contributed by atoms with Crippen LogP contribution in [0.25, 0.3) is 28.0 Å². The zero-order chi connectivity index (χ0) is 31.0. The van der Waals surface area contributed by atoms with Gasteiger partial charge in [0.15, 0.2) is 5.82 Å². The molecule has 234 valence electrons. The number of fused-ring (bicyclic) bond motifs is 1. The zero-order valence-electron chi connectivity index (χ0n) is 25.2. The number of ether oxygens (including phenoxy) is 3. The van der Waals surface area contributed by atoms with E-state index in [2.05, 4.69) is 55.9 Å². The number of hydrogen-bond donors (Lipinski definition) is 1. The number of carbonyl (C=O) groups is 1. The van der Waals surface area contributed by atoms with Crippen molar-refractivity contribution in [3.05, 3.63) is 70.9 Å². The van der Waals surface area contributed by atoms with Crippen LogP contribution >= 0.6 is 24.0 Å². The van der Waals surface area contributed by atoms with E-state index < -0.39 is 0 Å². The lowest BCUT2D eigenvalue weighted by atomic mass is 9.98. The molecule has 3 heterocycles. The summed E-state index contributed by atoms with van der Waals surface area (Å²) in [7, 11) is 1.68. The number of aromatic nitrogens is 4. The van der Waals surface area contributed by atoms with Gasteiger partial charge in [-0.2, -0.15) is 5.21 Å². The molecule has 0 unspecified atom stereocenters. The topological polar surface area (TPSA) is 106 Å². The second-order valence-corrected chi connectivity index (χ2v) is 12.6. The van der Waals surface area contributed by atoms with Crippen LogP contribution in [0, 0.1) is 0 Å². The predicted octanol–water partition coefficient (Wildman–Crippen LogP) is 5.35. The molecule has 0 spiro atoms. The highest BCUT2D eigenvalue weighted by molar-refractivity contribution is 8.26. The van der Waals surface area contributed by atoms with Gasteiger partial charge in [0.25, 0.3) is 5.91 Å². The van der Waals surface area contributed by atoms with Gasteiger partial charge in [-0.15, -0.1) is 10.2 Å². The molecule has 0 aliphatic carbocycles. The van der Waals surface area contributed by atoms with Crippen LogP contribution in [-0.4, -0.2) is 93.8 Å². The molecular formula is C33H36N6O4S2. The maximum Gasteiger partial charge on any atom is 0.266 e. The van der Waals surface area contributed by atoms with Crippen molar-refractivity contribution in [3.63, 3.8) is 0 Å². The molecule has 0 bridgehead atoms. The lowest BCUT2D eigenvalue weighted by molar-refractivity contribution is -0.122. The monoisotopic (exact) mass is 644 g/mol. The summed E-state index contributed by atoms with van der Waals surface area (Å²) in [6, 6.07) is 18.5. The van der Waals surface area contributed by atoms with Crippen molar-refractivity contribution in [2.24, 2.45) is 0 Å². The van der Waals surface area contributed by atoms with Gasteiger partial charge in [0.1, 0.15) is 22.4 Å². The Morgan fingerprint density at radius 2 is 1.87 bits per heavy atom. The highest BCUT2D eigenvalue weighted by atomic mass is 32.2. The fourth-order valence-electron chi connectivity index (χ4n) is 5.48. The molecule has 45 heavy (non-hydrogen) atoms. The predicted molar refractivity (Wildman–Crippen MR) is 180 cm³/mol. The van der Waals surface area contributed by atoms with Crippen LogP contribution in [0.4, 0.5) is 0 Å². The van der Waals surface area contributed by atoms with Crippen LogP contribution in [0.2, 0.25) is 0 Å². The molecule has 6 rings (SSSR count). The van der Waals surface area contributed by atoms with Crippen LogP contribution in [0.15, 0.2) is 59.5 Å². The minimum absolute atomic E-state index is 0.0461. The average molecular weight is 645 g/mol. The van der Waals surface area contributed by atoms with Crippen molar-refractivity contribution in [1.82, 2.24) is 30.4 Å². The first-order valence-electron chi connectivity index (χ1n) is 15.2. The minimum Gasteiger partial charge on any atom is -0.497 e. The summed E-state index contributed by atoms with van der Waals surface area (Å²) in [5, 5.41) is 16.2. The molecule has 12 heteroatoms. The highest BCUT2D eigenvalue weighted by Crippen LogP contribution is 2.37. The van der Waals surface area contributed by atoms with Gasteiger partial charge in [0.2, 0.25) is 0 Å². The Morgan fingerprint density at radius 1 is 1.02 bits per heavy atom. The minimum atomic E-state index is -0.0461. The van der Waals surface area contributed by atoms with Crippen molar-refractivity contribution < 1.29 is 19.0 Å². The number of nitrogens with zero attached hydrogens (tertiary/aromatic N) is 5. The summed E-state index contributed by atoms with van der Waals surface area (Å²) in [4.78, 5) is 18.0. The van der Waals surface area contributed by atoms with E-state index in [0.717, 1.165) is 97.5 Å². The van der Waals surface area contributed by atoms with E-state index in [-0.39, 0.29) is 5.91 Å². The number of amides is 1. The van der Waals surface area contributed by atoms with E-state index in [0.29, 0.717) is 28.2 Å². The van der Waals surface area contributed by atoms with Crippen molar-refractivity contribution in [3.8, 4) is 22.6 Å². The van der Waals surface area contributed by atoms with E-state index in [9.17, 15) is 4.79 Å². The zero-order valence-corrected chi connectivity index (χ0v) is 26.9. The van der Waals surface area contributed by atoms with E-state index in [1.54, 1.807) is 12.0 Å². The van der Waals surface area contributed by atoms with Gasteiger partial charge in [0.05, 0.1) is 25.2 Å². The third kappa shape index (κ3) is 7.88. The standard InChI is InChI=1S/C33H36N6O4S2/c1-41-27-10-9-24-21-26(8-7-25(24)22-27)28-19-23(6-11-29(28)43-18-15-38-13-16-42-17-14-38)20-30-32(40)39(33(44)45-30)12-4-2-3-5-31-34-36-37-35-31/h6-11,19-22H,2-5,12-18H2,1H3,(H,34,35,36,37). The number of rotatable bonds is 13. The lowest BCUT2D eigenvalue weighted by Gasteiger charge is -2.26. The van der Waals surface area contributed by atoms with Crippen molar-refractivity contribution in [1.29, 1.82) is 0 Å². The lowest BCUT2D eigenvalue weighted by Crippen LogP contribution is -2.38. The van der Waals surface area contributed by atoms with Crippen LogP contribution in [0.1, 0.15) is 30.7 Å². The van der Waals surface area contributed by atoms with Gasteiger partial charge < -0.3 is 14.2 Å². The van der Waals surface area contributed by atoms with Crippen LogP contribution in [0.3, 0.4) is 0 Å². The summed E-state index contributed by atoms with van der Waals surface area (Å²) in [6.45, 7) is 5.36. The number of tetrazole rings is 1. The Labute approximate surface area is 272 Å². The van der Waals surface area contributed by atoms with Crippen molar-refractivity contribution >= 4 is 51.1 Å². The second kappa shape index (κ2) is 15.0. The van der Waals surface area contributed by atoms with Gasteiger partial charge in [0, 0.05) is 38.2 Å². The molecule has 3 aromatic carbocycles. The quantitative estimate of drug-likeness (QED) is 0.116. The molecule has 4 aromatic rings. The Balaban J connectivity index is 1.18. The maximum atomic E-state index is 13.4. The molecule has 0 saturated carbocycles. The number of methoxy groups -OCH3 is 1. The number of thiocarbonyl (C=S) groups is 1. The number of aromatic amines is 1. The SMILES string of the molecule is COc1ccc2cc(-c3cc(C=C4SC(=S)N(CCCCCc5nn[nH]n5)C4=O)ccc3OCCN3CCOCC3)ccc2c1. The molecule has 2 aliphatic heterocycles. The molecule has 0 atom stereocenters. The largest absolute Gasteiger partial charge is 0.497 e. The summed E-state index contributed by atoms with van der Waals surface area (Å²) in [5.74, 6) is 2.29. The molecule has 2 aliphatic rings. The van der Waals surface area contributed by atoms with Gasteiger partial charge in [-0.3, -0.25) is 14.6 Å². The number of benzene rings is 3. The summed E-state index contributed by atoms with van der Waals surface area (Å²) in [6.07, 6.45) is 5.42. The summed E-state index contributed by atoms with van der Waals surface area (Å²) in [5.41, 5.74) is 2.93. The number of nitrogens with one attached hydrogen (secondary N) is 1. The Kier molecular flexibility index (Phi) is 10.4. The first-order chi connectivity index (χ1) is 22.1. The first kappa shape index (κ1) is 31.2. The van der Waals surface area contributed by atoms with E-state index >= 15 is 0 Å². The molecule has 0 radical (unpaired) electrons. The Bertz CT molecular complexity index is 1670.